The minimum Gasteiger partial charge on any atom is -0.302 e. The lowest BCUT2D eigenvalue weighted by Gasteiger charge is -2.37. The molecule has 0 aromatic heterocycles. The van der Waals surface area contributed by atoms with Crippen LogP contribution in [0.5, 0.6) is 0 Å². The van der Waals surface area contributed by atoms with Gasteiger partial charge in [-0.3, -0.25) is 4.90 Å². The van der Waals surface area contributed by atoms with Gasteiger partial charge in [0.25, 0.3) is 0 Å². The first kappa shape index (κ1) is 17.3. The Hall–Kier alpha value is -0.120. The normalized spacial score (nSPS) is 36.5. The second kappa shape index (κ2) is 6.55. The van der Waals surface area contributed by atoms with Crippen LogP contribution in [0.4, 0.5) is 0 Å². The van der Waals surface area contributed by atoms with Crippen LogP contribution in [0.15, 0.2) is 0 Å². The van der Waals surface area contributed by atoms with Crippen molar-refractivity contribution in [2.75, 3.05) is 52.4 Å². The summed E-state index contributed by atoms with van der Waals surface area (Å²) in [7, 11) is 0. The van der Waals surface area contributed by atoms with Crippen LogP contribution in [-0.2, 0) is 0 Å². The van der Waals surface area contributed by atoms with Gasteiger partial charge >= 0.3 is 0 Å². The summed E-state index contributed by atoms with van der Waals surface area (Å²) in [5, 5.41) is 0. The number of nitrogens with zero attached hydrogens (tertiary/aromatic N) is 3. The summed E-state index contributed by atoms with van der Waals surface area (Å²) in [4.78, 5) is 8.22. The molecule has 0 radical (unpaired) electrons. The summed E-state index contributed by atoms with van der Waals surface area (Å²) >= 11 is 0. The molecule has 3 atom stereocenters. The Kier molecular flexibility index (Phi) is 4.73. The van der Waals surface area contributed by atoms with Crippen LogP contribution in [0.25, 0.3) is 0 Å². The van der Waals surface area contributed by atoms with E-state index in [9.17, 15) is 0 Å². The average molecular weight is 334 g/mol. The lowest BCUT2D eigenvalue weighted by atomic mass is 9.93. The summed E-state index contributed by atoms with van der Waals surface area (Å²) < 4.78 is 0. The fourth-order valence-corrected chi connectivity index (χ4v) is 5.84. The molecule has 4 fully saturated rings. The molecule has 3 heteroatoms. The Morgan fingerprint density at radius 3 is 2.00 bits per heavy atom. The van der Waals surface area contributed by atoms with Crippen LogP contribution < -0.4 is 0 Å². The predicted molar refractivity (Wildman–Crippen MR) is 101 cm³/mol. The van der Waals surface area contributed by atoms with Crippen molar-refractivity contribution in [1.82, 2.24) is 14.7 Å². The fourth-order valence-electron chi connectivity index (χ4n) is 5.84. The third-order valence-electron chi connectivity index (χ3n) is 7.41. The van der Waals surface area contributed by atoms with Crippen molar-refractivity contribution in [3.8, 4) is 0 Å². The smallest absolute Gasteiger partial charge is 0.0113 e. The molecule has 0 aromatic rings. The van der Waals surface area contributed by atoms with E-state index in [1.165, 1.54) is 71.6 Å². The Balaban J connectivity index is 1.17. The van der Waals surface area contributed by atoms with Gasteiger partial charge < -0.3 is 9.80 Å². The van der Waals surface area contributed by atoms with E-state index in [4.69, 9.17) is 0 Å². The standard InChI is InChI=1S/C21H39N3/c1-16(2)11-21(5-6-21)15-23-13-19-18(20(19)14-23)12-22-7-9-24(10-8-22)17(3)4/h16-20H,5-15H2,1-4H3/t18-,19+,20-. The molecule has 2 saturated heterocycles. The molecule has 0 amide bonds. The van der Waals surface area contributed by atoms with Gasteiger partial charge in [0.15, 0.2) is 0 Å². The zero-order valence-electron chi connectivity index (χ0n) is 16.5. The zero-order chi connectivity index (χ0) is 16.9. The molecule has 3 nitrogen and oxygen atoms in total. The van der Waals surface area contributed by atoms with Crippen LogP contribution in [0.3, 0.4) is 0 Å². The molecule has 4 rings (SSSR count). The highest BCUT2D eigenvalue weighted by Gasteiger charge is 2.57. The molecule has 138 valence electrons. The third kappa shape index (κ3) is 3.68. The number of piperazine rings is 1. The first-order valence-corrected chi connectivity index (χ1v) is 10.6. The second-order valence-corrected chi connectivity index (χ2v) is 10.2. The average Bonchev–Trinajstić information content (AvgIpc) is 3.35. The Labute approximate surface area is 149 Å². The van der Waals surface area contributed by atoms with Crippen molar-refractivity contribution in [3.05, 3.63) is 0 Å². The van der Waals surface area contributed by atoms with Crippen LogP contribution in [0.2, 0.25) is 0 Å². The molecule has 0 aromatic carbocycles. The number of hydrogen-bond donors (Lipinski definition) is 0. The van der Waals surface area contributed by atoms with E-state index < -0.39 is 0 Å². The second-order valence-electron chi connectivity index (χ2n) is 10.2. The van der Waals surface area contributed by atoms with Gasteiger partial charge in [-0.2, -0.15) is 0 Å². The van der Waals surface area contributed by atoms with Gasteiger partial charge in [-0.15, -0.1) is 0 Å². The maximum absolute atomic E-state index is 2.83. The minimum absolute atomic E-state index is 0.724. The molecule has 0 N–H and O–H groups in total. The van der Waals surface area contributed by atoms with E-state index in [2.05, 4.69) is 42.4 Å². The molecule has 0 unspecified atom stereocenters. The van der Waals surface area contributed by atoms with E-state index in [-0.39, 0.29) is 0 Å². The van der Waals surface area contributed by atoms with Gasteiger partial charge in [-0.1, -0.05) is 13.8 Å². The maximum atomic E-state index is 2.83. The third-order valence-corrected chi connectivity index (χ3v) is 7.41. The van der Waals surface area contributed by atoms with Crippen LogP contribution >= 0.6 is 0 Å². The molecule has 0 spiro atoms. The van der Waals surface area contributed by atoms with Crippen molar-refractivity contribution in [2.24, 2.45) is 29.1 Å². The molecule has 2 aliphatic carbocycles. The molecular formula is C21H39N3. The van der Waals surface area contributed by atoms with E-state index in [0.717, 1.165) is 35.1 Å². The lowest BCUT2D eigenvalue weighted by Crippen LogP contribution is -2.49. The lowest BCUT2D eigenvalue weighted by molar-refractivity contribution is 0.0995. The van der Waals surface area contributed by atoms with E-state index >= 15 is 0 Å². The van der Waals surface area contributed by atoms with E-state index in [1.54, 1.807) is 0 Å². The fraction of sp³-hybridized carbons (Fsp3) is 1.00. The number of rotatable bonds is 7. The van der Waals surface area contributed by atoms with Gasteiger partial charge in [-0.05, 0) is 62.2 Å². The molecule has 2 heterocycles. The largest absolute Gasteiger partial charge is 0.302 e. The molecule has 2 saturated carbocycles. The highest BCUT2D eigenvalue weighted by molar-refractivity contribution is 5.08. The van der Waals surface area contributed by atoms with Crippen LogP contribution in [0.1, 0.15) is 47.0 Å². The maximum Gasteiger partial charge on any atom is 0.0113 e. The van der Waals surface area contributed by atoms with Gasteiger partial charge in [0.2, 0.25) is 0 Å². The van der Waals surface area contributed by atoms with Gasteiger partial charge in [0.05, 0.1) is 0 Å². The van der Waals surface area contributed by atoms with Crippen molar-refractivity contribution in [3.63, 3.8) is 0 Å². The number of fused-ring (bicyclic) bond motifs is 1. The van der Waals surface area contributed by atoms with E-state index in [0.29, 0.717) is 0 Å². The van der Waals surface area contributed by atoms with Gasteiger partial charge in [-0.25, -0.2) is 0 Å². The van der Waals surface area contributed by atoms with Gasteiger partial charge in [0.1, 0.15) is 0 Å². The summed E-state index contributed by atoms with van der Waals surface area (Å²) in [5.74, 6) is 4.00. The molecule has 4 aliphatic rings. The van der Waals surface area contributed by atoms with E-state index in [1.807, 2.05) is 0 Å². The van der Waals surface area contributed by atoms with Crippen molar-refractivity contribution in [1.29, 1.82) is 0 Å². The SMILES string of the molecule is CC(C)CC1(CN2C[C@@H]3[C@H](CN4CCN(C(C)C)CC4)[C@@H]3C2)CC1. The topological polar surface area (TPSA) is 9.72 Å². The molecule has 24 heavy (non-hydrogen) atoms. The predicted octanol–water partition coefficient (Wildman–Crippen LogP) is 3.02. The molecule has 0 bridgehead atoms. The Morgan fingerprint density at radius 1 is 0.875 bits per heavy atom. The number of piperidine rings is 1. The number of hydrogen-bond acceptors (Lipinski definition) is 3. The Morgan fingerprint density at radius 2 is 1.50 bits per heavy atom. The first-order chi connectivity index (χ1) is 11.5. The highest BCUT2D eigenvalue weighted by atomic mass is 15.3. The van der Waals surface area contributed by atoms with Crippen molar-refractivity contribution >= 4 is 0 Å². The first-order valence-electron chi connectivity index (χ1n) is 10.6. The summed E-state index contributed by atoms with van der Waals surface area (Å²) in [6.45, 7) is 20.3. The summed E-state index contributed by atoms with van der Waals surface area (Å²) in [6, 6.07) is 0.724. The number of likely N-dealkylation sites (tertiary alicyclic amines) is 1. The zero-order valence-corrected chi connectivity index (χ0v) is 16.5. The van der Waals surface area contributed by atoms with Crippen molar-refractivity contribution < 1.29 is 0 Å². The van der Waals surface area contributed by atoms with Crippen LogP contribution in [-0.4, -0.2) is 73.1 Å². The summed E-state index contributed by atoms with van der Waals surface area (Å²) in [5.41, 5.74) is 0.730. The Bertz CT molecular complexity index is 422. The summed E-state index contributed by atoms with van der Waals surface area (Å²) in [6.07, 6.45) is 4.46. The van der Waals surface area contributed by atoms with Gasteiger partial charge in [0, 0.05) is 58.4 Å². The molecular weight excluding hydrogens is 294 g/mol. The van der Waals surface area contributed by atoms with Crippen LogP contribution in [0, 0.1) is 29.1 Å². The monoisotopic (exact) mass is 333 g/mol. The minimum atomic E-state index is 0.724. The quantitative estimate of drug-likeness (QED) is 0.709. The van der Waals surface area contributed by atoms with Crippen molar-refractivity contribution in [2.45, 2.75) is 53.0 Å². The molecule has 2 aliphatic heterocycles. The highest BCUT2D eigenvalue weighted by Crippen LogP contribution is 2.56.